The van der Waals surface area contributed by atoms with Crippen LogP contribution in [0.1, 0.15) is 61.4 Å². The maximum absolute atomic E-state index is 14.4. The molecule has 1 amide bonds. The van der Waals surface area contributed by atoms with Crippen molar-refractivity contribution in [3.63, 3.8) is 0 Å². The summed E-state index contributed by atoms with van der Waals surface area (Å²) in [5.41, 5.74) is 1.32. The van der Waals surface area contributed by atoms with Gasteiger partial charge < -0.3 is 19.3 Å². The van der Waals surface area contributed by atoms with Crippen LogP contribution in [0, 0.1) is 11.6 Å². The van der Waals surface area contributed by atoms with Crippen LogP contribution in [0.25, 0.3) is 6.08 Å². The van der Waals surface area contributed by atoms with Crippen molar-refractivity contribution >= 4 is 12.0 Å². The standard InChI is InChI=1S/C32H41F4N3O3/c1-22(16-23-9-11-25(33)18-27(23)34)19-39(30(40)24-10-12-28(42-31(35)36)29(17-24)41-4)20-26-8-7-15-38(26)21-32(37(2)3)13-5-6-14-32/h9-12,16-18,26,31H,5-8,13-15,19-21H2,1-4H3. The molecule has 42 heavy (non-hydrogen) atoms. The lowest BCUT2D eigenvalue weighted by molar-refractivity contribution is -0.0512. The van der Waals surface area contributed by atoms with E-state index in [9.17, 15) is 22.4 Å². The Bertz CT molecular complexity index is 1260. The van der Waals surface area contributed by atoms with Gasteiger partial charge in [-0.3, -0.25) is 9.69 Å². The fourth-order valence-electron chi connectivity index (χ4n) is 6.35. The second-order valence-corrected chi connectivity index (χ2v) is 11.7. The number of hydrogen-bond donors (Lipinski definition) is 0. The molecule has 1 heterocycles. The van der Waals surface area contributed by atoms with Crippen molar-refractivity contribution in [3.8, 4) is 11.5 Å². The molecular weight excluding hydrogens is 550 g/mol. The van der Waals surface area contributed by atoms with Gasteiger partial charge in [0.2, 0.25) is 0 Å². The molecule has 2 aliphatic rings. The third kappa shape index (κ3) is 7.64. The largest absolute Gasteiger partial charge is 0.493 e. The molecule has 2 aromatic carbocycles. The number of benzene rings is 2. The van der Waals surface area contributed by atoms with E-state index < -0.39 is 18.2 Å². The van der Waals surface area contributed by atoms with E-state index in [1.54, 1.807) is 17.9 Å². The van der Waals surface area contributed by atoms with Gasteiger partial charge in [0.1, 0.15) is 11.6 Å². The number of halogens is 4. The molecule has 0 spiro atoms. The van der Waals surface area contributed by atoms with Crippen LogP contribution >= 0.6 is 0 Å². The summed E-state index contributed by atoms with van der Waals surface area (Å²) in [4.78, 5) is 20.5. The molecular formula is C32H41F4N3O3. The Morgan fingerprint density at radius 1 is 1.10 bits per heavy atom. The third-order valence-corrected chi connectivity index (χ3v) is 8.63. The minimum atomic E-state index is -3.03. The second-order valence-electron chi connectivity index (χ2n) is 11.7. The molecule has 0 aromatic heterocycles. The van der Waals surface area contributed by atoms with Gasteiger partial charge in [0.15, 0.2) is 11.5 Å². The van der Waals surface area contributed by atoms with Gasteiger partial charge in [0.05, 0.1) is 7.11 Å². The number of likely N-dealkylation sites (N-methyl/N-ethyl adjacent to an activating group) is 1. The first-order valence-corrected chi connectivity index (χ1v) is 14.5. The number of methoxy groups -OCH3 is 1. The van der Waals surface area contributed by atoms with Gasteiger partial charge in [-0.25, -0.2) is 8.78 Å². The quantitative estimate of drug-likeness (QED) is 0.265. The van der Waals surface area contributed by atoms with Crippen LogP contribution in [0.3, 0.4) is 0 Å². The molecule has 10 heteroatoms. The van der Waals surface area contributed by atoms with Crippen LogP contribution in [-0.4, -0.2) is 86.2 Å². The Labute approximate surface area is 245 Å². The first kappa shape index (κ1) is 31.8. The first-order valence-electron chi connectivity index (χ1n) is 14.5. The number of carbonyl (C=O) groups is 1. The van der Waals surface area contributed by atoms with Crippen LogP contribution in [0.4, 0.5) is 17.6 Å². The summed E-state index contributed by atoms with van der Waals surface area (Å²) in [6, 6.07) is 7.67. The van der Waals surface area contributed by atoms with Gasteiger partial charge in [-0.1, -0.05) is 24.5 Å². The van der Waals surface area contributed by atoms with Gasteiger partial charge in [-0.15, -0.1) is 0 Å². The fraction of sp³-hybridized carbons (Fsp3) is 0.531. The van der Waals surface area contributed by atoms with E-state index >= 15 is 0 Å². The predicted molar refractivity (Wildman–Crippen MR) is 155 cm³/mol. The third-order valence-electron chi connectivity index (χ3n) is 8.63. The van der Waals surface area contributed by atoms with Crippen molar-refractivity contribution < 1.29 is 31.8 Å². The number of ether oxygens (including phenoxy) is 2. The van der Waals surface area contributed by atoms with Crippen molar-refractivity contribution in [2.24, 2.45) is 0 Å². The SMILES string of the molecule is COc1cc(C(=O)N(CC(C)=Cc2ccc(F)cc2F)CC2CCCN2CC2(N(C)C)CCCC2)ccc1OC(F)F. The summed E-state index contributed by atoms with van der Waals surface area (Å²) >= 11 is 0. The normalized spacial score (nSPS) is 19.1. The van der Waals surface area contributed by atoms with E-state index in [2.05, 4.69) is 28.6 Å². The predicted octanol–water partition coefficient (Wildman–Crippen LogP) is 6.46. The molecule has 0 bridgehead atoms. The highest BCUT2D eigenvalue weighted by atomic mass is 19.3. The lowest BCUT2D eigenvalue weighted by Gasteiger charge is -2.42. The molecule has 6 nitrogen and oxygen atoms in total. The summed E-state index contributed by atoms with van der Waals surface area (Å²) < 4.78 is 63.4. The Balaban J connectivity index is 1.61. The molecule has 1 saturated carbocycles. The van der Waals surface area contributed by atoms with E-state index in [1.165, 1.54) is 50.3 Å². The molecule has 1 saturated heterocycles. The van der Waals surface area contributed by atoms with E-state index in [1.807, 2.05) is 0 Å². The fourth-order valence-corrected chi connectivity index (χ4v) is 6.35. The molecule has 1 atom stereocenters. The average molecular weight is 592 g/mol. The van der Waals surface area contributed by atoms with Crippen LogP contribution in [0.15, 0.2) is 42.0 Å². The Morgan fingerprint density at radius 3 is 2.48 bits per heavy atom. The first-order chi connectivity index (χ1) is 20.0. The highest BCUT2D eigenvalue weighted by Crippen LogP contribution is 2.36. The molecule has 0 N–H and O–H groups in total. The number of likely N-dealkylation sites (tertiary alicyclic amines) is 1. The second kappa shape index (κ2) is 13.9. The van der Waals surface area contributed by atoms with Crippen molar-refractivity contribution in [3.05, 3.63) is 64.7 Å². The van der Waals surface area contributed by atoms with Crippen molar-refractivity contribution in [1.29, 1.82) is 0 Å². The maximum Gasteiger partial charge on any atom is 0.387 e. The number of rotatable bonds is 12. The van der Waals surface area contributed by atoms with Gasteiger partial charge in [-0.05, 0) is 83.6 Å². The number of amides is 1. The molecule has 0 radical (unpaired) electrons. The monoisotopic (exact) mass is 591 g/mol. The van der Waals surface area contributed by atoms with Gasteiger partial charge in [0.25, 0.3) is 5.91 Å². The summed E-state index contributed by atoms with van der Waals surface area (Å²) in [5.74, 6) is -1.78. The van der Waals surface area contributed by atoms with Crippen LogP contribution in [0.2, 0.25) is 0 Å². The van der Waals surface area contributed by atoms with Gasteiger partial charge in [-0.2, -0.15) is 8.78 Å². The summed E-state index contributed by atoms with van der Waals surface area (Å²) in [6.07, 6.45) is 8.28. The zero-order valence-corrected chi connectivity index (χ0v) is 24.8. The van der Waals surface area contributed by atoms with Crippen molar-refractivity contribution in [2.75, 3.05) is 47.4 Å². The lowest BCUT2D eigenvalue weighted by atomic mass is 9.94. The maximum atomic E-state index is 14.4. The Hall–Kier alpha value is -3.11. The molecule has 230 valence electrons. The minimum Gasteiger partial charge on any atom is -0.493 e. The van der Waals surface area contributed by atoms with Gasteiger partial charge in [0, 0.05) is 48.4 Å². The highest BCUT2D eigenvalue weighted by Gasteiger charge is 2.40. The van der Waals surface area contributed by atoms with E-state index in [-0.39, 0.29) is 46.7 Å². The molecule has 1 aliphatic heterocycles. The van der Waals surface area contributed by atoms with Crippen molar-refractivity contribution in [2.45, 2.75) is 63.6 Å². The minimum absolute atomic E-state index is 0.0263. The van der Waals surface area contributed by atoms with E-state index in [0.717, 1.165) is 44.8 Å². The summed E-state index contributed by atoms with van der Waals surface area (Å²) in [5, 5.41) is 0. The van der Waals surface area contributed by atoms with Crippen LogP contribution in [-0.2, 0) is 0 Å². The zero-order chi connectivity index (χ0) is 30.4. The Kier molecular flexibility index (Phi) is 10.5. The number of hydrogen-bond acceptors (Lipinski definition) is 5. The lowest BCUT2D eigenvalue weighted by Crippen LogP contribution is -2.54. The summed E-state index contributed by atoms with van der Waals surface area (Å²) in [7, 11) is 5.61. The topological polar surface area (TPSA) is 45.2 Å². The average Bonchev–Trinajstić information content (AvgIpc) is 3.60. The number of carbonyl (C=O) groups excluding carboxylic acids is 1. The summed E-state index contributed by atoms with van der Waals surface area (Å²) in [6.45, 7) is 1.29. The van der Waals surface area contributed by atoms with Crippen LogP contribution < -0.4 is 9.47 Å². The zero-order valence-electron chi connectivity index (χ0n) is 24.8. The molecule has 2 fully saturated rings. The highest BCUT2D eigenvalue weighted by molar-refractivity contribution is 5.95. The van der Waals surface area contributed by atoms with E-state index in [4.69, 9.17) is 4.74 Å². The Morgan fingerprint density at radius 2 is 1.83 bits per heavy atom. The molecule has 2 aromatic rings. The molecule has 1 aliphatic carbocycles. The van der Waals surface area contributed by atoms with Crippen molar-refractivity contribution in [1.82, 2.24) is 14.7 Å². The van der Waals surface area contributed by atoms with E-state index in [0.29, 0.717) is 12.1 Å². The number of nitrogens with zero attached hydrogens (tertiary/aromatic N) is 3. The smallest absolute Gasteiger partial charge is 0.387 e. The van der Waals surface area contributed by atoms with Crippen LogP contribution in [0.5, 0.6) is 11.5 Å². The van der Waals surface area contributed by atoms with Gasteiger partial charge >= 0.3 is 6.61 Å². The number of alkyl halides is 2. The molecule has 1 unspecified atom stereocenters. The molecule has 4 rings (SSSR count).